The van der Waals surface area contributed by atoms with E-state index in [-0.39, 0.29) is 23.0 Å². The van der Waals surface area contributed by atoms with Gasteiger partial charge < -0.3 is 10.1 Å². The third-order valence-electron chi connectivity index (χ3n) is 3.45. The average Bonchev–Trinajstić information content (AvgIpc) is 2.41. The predicted molar refractivity (Wildman–Crippen MR) is 77.2 cm³/mol. The molecule has 1 aromatic carbocycles. The minimum atomic E-state index is -0.442. The molecule has 3 nitrogen and oxygen atoms in total. The first-order chi connectivity index (χ1) is 8.29. The van der Waals surface area contributed by atoms with E-state index in [4.69, 9.17) is 4.74 Å². The van der Waals surface area contributed by atoms with Gasteiger partial charge in [0.15, 0.2) is 0 Å². The van der Waals surface area contributed by atoms with Crippen LogP contribution in [0.15, 0.2) is 30.3 Å². The number of halogens is 1. The van der Waals surface area contributed by atoms with Crippen molar-refractivity contribution in [2.24, 2.45) is 0 Å². The number of carbonyl (C=O) groups excluding carboxylic acids is 1. The molecule has 0 radical (unpaired) electrons. The van der Waals surface area contributed by atoms with Crippen molar-refractivity contribution in [1.82, 2.24) is 5.32 Å². The second-order valence-electron chi connectivity index (χ2n) is 4.42. The lowest BCUT2D eigenvalue weighted by atomic mass is 9.73. The van der Waals surface area contributed by atoms with E-state index in [1.165, 1.54) is 0 Å². The monoisotopic (exact) mass is 313 g/mol. The van der Waals surface area contributed by atoms with Crippen LogP contribution < -0.4 is 5.32 Å². The zero-order valence-electron chi connectivity index (χ0n) is 10.6. The zero-order chi connectivity index (χ0) is 12.1. The molecule has 0 bridgehead atoms. The summed E-state index contributed by atoms with van der Waals surface area (Å²) in [5.41, 5.74) is 0.641. The molecule has 1 N–H and O–H groups in total. The molecule has 4 heteroatoms. The van der Waals surface area contributed by atoms with Crippen molar-refractivity contribution in [3.05, 3.63) is 35.9 Å². The van der Waals surface area contributed by atoms with Gasteiger partial charge in [-0.1, -0.05) is 30.3 Å². The topological polar surface area (TPSA) is 38.3 Å². The number of hydrogen-bond donors (Lipinski definition) is 1. The number of benzene rings is 1. The summed E-state index contributed by atoms with van der Waals surface area (Å²) < 4.78 is 5.27. The van der Waals surface area contributed by atoms with Gasteiger partial charge in [-0.25, -0.2) is 0 Å². The molecule has 0 aromatic heterocycles. The Kier molecular flexibility index (Phi) is 5.82. The fourth-order valence-electron chi connectivity index (χ4n) is 2.49. The third kappa shape index (κ3) is 2.93. The molecule has 1 aromatic rings. The Balaban J connectivity index is 0.00000162. The lowest BCUT2D eigenvalue weighted by Gasteiger charge is -2.35. The largest absolute Gasteiger partial charge is 0.465 e. The van der Waals surface area contributed by atoms with E-state index in [1.807, 2.05) is 37.3 Å². The smallest absolute Gasteiger partial charge is 0.316 e. The van der Waals surface area contributed by atoms with E-state index in [0.29, 0.717) is 6.61 Å². The lowest BCUT2D eigenvalue weighted by molar-refractivity contribution is -0.151. The van der Waals surface area contributed by atoms with Crippen LogP contribution in [0.25, 0.3) is 0 Å². The van der Waals surface area contributed by atoms with E-state index in [2.05, 4.69) is 5.32 Å². The van der Waals surface area contributed by atoms with E-state index < -0.39 is 5.41 Å². The van der Waals surface area contributed by atoms with E-state index >= 15 is 0 Å². The van der Waals surface area contributed by atoms with Crippen molar-refractivity contribution in [1.29, 1.82) is 0 Å². The van der Waals surface area contributed by atoms with Gasteiger partial charge in [-0.2, -0.15) is 0 Å². The zero-order valence-corrected chi connectivity index (χ0v) is 12.4. The van der Waals surface area contributed by atoms with Gasteiger partial charge in [-0.15, -0.1) is 17.0 Å². The number of esters is 1. The van der Waals surface area contributed by atoms with Gasteiger partial charge >= 0.3 is 5.97 Å². The molecule has 0 aliphatic carbocycles. The molecule has 1 fully saturated rings. The van der Waals surface area contributed by atoms with Gasteiger partial charge in [-0.3, -0.25) is 4.79 Å². The maximum atomic E-state index is 12.3. The second-order valence-corrected chi connectivity index (χ2v) is 4.42. The minimum Gasteiger partial charge on any atom is -0.465 e. The van der Waals surface area contributed by atoms with Gasteiger partial charge in [0.2, 0.25) is 0 Å². The van der Waals surface area contributed by atoms with Crippen molar-refractivity contribution in [2.75, 3.05) is 19.7 Å². The highest BCUT2D eigenvalue weighted by Crippen LogP contribution is 2.34. The van der Waals surface area contributed by atoms with Gasteiger partial charge in [0.1, 0.15) is 0 Å². The van der Waals surface area contributed by atoms with Crippen LogP contribution in [0.1, 0.15) is 25.3 Å². The Morgan fingerprint density at radius 1 is 1.28 bits per heavy atom. The fraction of sp³-hybridized carbons (Fsp3) is 0.500. The maximum absolute atomic E-state index is 12.3. The lowest BCUT2D eigenvalue weighted by Crippen LogP contribution is -2.46. The molecule has 0 saturated carbocycles. The molecule has 0 amide bonds. The van der Waals surface area contributed by atoms with Crippen LogP contribution in [0.2, 0.25) is 0 Å². The molecule has 1 saturated heterocycles. The molecular weight excluding hydrogens is 294 g/mol. The first-order valence-electron chi connectivity index (χ1n) is 6.23. The highest BCUT2D eigenvalue weighted by Gasteiger charge is 2.42. The summed E-state index contributed by atoms with van der Waals surface area (Å²) in [6.45, 7) is 4.04. The number of carbonyl (C=O) groups is 1. The first kappa shape index (κ1) is 15.2. The number of hydrogen-bond acceptors (Lipinski definition) is 3. The number of nitrogens with one attached hydrogen (secondary N) is 1. The van der Waals surface area contributed by atoms with E-state index in [9.17, 15) is 4.79 Å². The summed E-state index contributed by atoms with van der Waals surface area (Å²) >= 11 is 0. The van der Waals surface area contributed by atoms with Crippen molar-refractivity contribution < 1.29 is 9.53 Å². The SMILES string of the molecule is Br.CCOC(=O)C1(c2ccccc2)CCNCC1. The van der Waals surface area contributed by atoms with Crippen molar-refractivity contribution >= 4 is 23.0 Å². The van der Waals surface area contributed by atoms with Crippen LogP contribution in [0.4, 0.5) is 0 Å². The molecule has 0 spiro atoms. The van der Waals surface area contributed by atoms with Crippen LogP contribution in [0, 0.1) is 0 Å². The molecule has 2 rings (SSSR count). The Morgan fingerprint density at radius 2 is 1.89 bits per heavy atom. The standard InChI is InChI=1S/C14H19NO2.BrH/c1-2-17-13(16)14(8-10-15-11-9-14)12-6-4-3-5-7-12;/h3-7,15H,2,8-11H2,1H3;1H. The number of rotatable bonds is 3. The molecule has 0 unspecified atom stereocenters. The Hall–Kier alpha value is -0.870. The Morgan fingerprint density at radius 3 is 2.44 bits per heavy atom. The van der Waals surface area contributed by atoms with Crippen LogP contribution in [-0.4, -0.2) is 25.7 Å². The Labute approximate surface area is 119 Å². The number of piperidine rings is 1. The van der Waals surface area contributed by atoms with E-state index in [0.717, 1.165) is 31.5 Å². The second kappa shape index (κ2) is 6.90. The van der Waals surface area contributed by atoms with Crippen LogP contribution >= 0.6 is 17.0 Å². The fourth-order valence-corrected chi connectivity index (χ4v) is 2.49. The highest BCUT2D eigenvalue weighted by atomic mass is 79.9. The molecular formula is C14H20BrNO2. The molecule has 18 heavy (non-hydrogen) atoms. The molecule has 0 atom stereocenters. The normalized spacial score (nSPS) is 17.6. The summed E-state index contributed by atoms with van der Waals surface area (Å²) in [7, 11) is 0. The van der Waals surface area contributed by atoms with Crippen LogP contribution in [-0.2, 0) is 14.9 Å². The number of ether oxygens (including phenoxy) is 1. The van der Waals surface area contributed by atoms with Crippen LogP contribution in [0.5, 0.6) is 0 Å². The van der Waals surface area contributed by atoms with E-state index in [1.54, 1.807) is 0 Å². The average molecular weight is 314 g/mol. The van der Waals surface area contributed by atoms with Crippen LogP contribution in [0.3, 0.4) is 0 Å². The highest BCUT2D eigenvalue weighted by molar-refractivity contribution is 8.93. The van der Waals surface area contributed by atoms with Gasteiger partial charge in [-0.05, 0) is 38.4 Å². The summed E-state index contributed by atoms with van der Waals surface area (Å²) in [5.74, 6) is -0.0762. The summed E-state index contributed by atoms with van der Waals surface area (Å²) in [6.07, 6.45) is 1.63. The predicted octanol–water partition coefficient (Wildman–Crippen LogP) is 2.45. The minimum absolute atomic E-state index is 0. The van der Waals surface area contributed by atoms with Crippen molar-refractivity contribution in [2.45, 2.75) is 25.2 Å². The Bertz CT molecular complexity index is 375. The van der Waals surface area contributed by atoms with Crippen molar-refractivity contribution in [3.8, 4) is 0 Å². The maximum Gasteiger partial charge on any atom is 0.316 e. The molecule has 100 valence electrons. The van der Waals surface area contributed by atoms with Gasteiger partial charge in [0.25, 0.3) is 0 Å². The summed E-state index contributed by atoms with van der Waals surface area (Å²) in [6, 6.07) is 10.0. The molecule has 1 aliphatic rings. The van der Waals surface area contributed by atoms with Gasteiger partial charge in [0.05, 0.1) is 12.0 Å². The quantitative estimate of drug-likeness (QED) is 0.871. The van der Waals surface area contributed by atoms with Crippen molar-refractivity contribution in [3.63, 3.8) is 0 Å². The van der Waals surface area contributed by atoms with Gasteiger partial charge in [0, 0.05) is 0 Å². The molecule has 1 heterocycles. The molecule has 1 aliphatic heterocycles. The summed E-state index contributed by atoms with van der Waals surface area (Å²) in [4.78, 5) is 12.3. The third-order valence-corrected chi connectivity index (χ3v) is 3.45. The first-order valence-corrected chi connectivity index (χ1v) is 6.23. The summed E-state index contributed by atoms with van der Waals surface area (Å²) in [5, 5.41) is 3.30.